The fraction of sp³-hybridized carbons (Fsp3) is 0.429. The lowest BCUT2D eigenvalue weighted by Gasteiger charge is -2.18. The fourth-order valence-corrected chi connectivity index (χ4v) is 1.70. The Morgan fingerprint density at radius 2 is 2.06 bits per heavy atom. The van der Waals surface area contributed by atoms with Crippen molar-refractivity contribution in [3.63, 3.8) is 0 Å². The van der Waals surface area contributed by atoms with Crippen molar-refractivity contribution in [1.82, 2.24) is 0 Å². The Morgan fingerprint density at radius 1 is 1.38 bits per heavy atom. The number of allylic oxidation sites excluding steroid dienone is 1. The summed E-state index contributed by atoms with van der Waals surface area (Å²) in [6, 6.07) is 8.27. The van der Waals surface area contributed by atoms with E-state index in [-0.39, 0.29) is 0 Å². The van der Waals surface area contributed by atoms with E-state index in [0.29, 0.717) is 6.04 Å². The number of para-hydroxylation sites is 1. The van der Waals surface area contributed by atoms with Crippen molar-refractivity contribution in [3.05, 3.63) is 42.5 Å². The number of benzene rings is 1. The minimum absolute atomic E-state index is 0.387. The lowest BCUT2D eigenvalue weighted by Crippen LogP contribution is -2.16. The molecular formula is C14H21NO. The van der Waals surface area contributed by atoms with E-state index in [0.717, 1.165) is 24.1 Å². The van der Waals surface area contributed by atoms with Crippen LogP contribution in [0.3, 0.4) is 0 Å². The van der Waals surface area contributed by atoms with Gasteiger partial charge < -0.3 is 10.4 Å². The third-order valence-electron chi connectivity index (χ3n) is 2.62. The van der Waals surface area contributed by atoms with Crippen molar-refractivity contribution >= 4 is 5.69 Å². The Hall–Kier alpha value is -1.28. The molecule has 88 valence electrons. The number of rotatable bonds is 6. The van der Waals surface area contributed by atoms with Gasteiger partial charge in [-0.1, -0.05) is 24.3 Å². The lowest BCUT2D eigenvalue weighted by molar-refractivity contribution is 0.200. The number of hydrogen-bond donors (Lipinski definition) is 2. The molecule has 0 aromatic heterocycles. The fourth-order valence-electron chi connectivity index (χ4n) is 1.70. The van der Waals surface area contributed by atoms with Crippen LogP contribution < -0.4 is 5.32 Å². The molecule has 2 N–H and O–H groups in total. The zero-order valence-corrected chi connectivity index (χ0v) is 10.1. The van der Waals surface area contributed by atoms with E-state index in [1.54, 1.807) is 6.92 Å². The van der Waals surface area contributed by atoms with E-state index in [9.17, 15) is 5.11 Å². The minimum atomic E-state index is -0.435. The molecule has 0 aliphatic carbocycles. The Balaban J connectivity index is 2.68. The second-order valence-corrected chi connectivity index (χ2v) is 4.17. The van der Waals surface area contributed by atoms with Gasteiger partial charge in [0.1, 0.15) is 0 Å². The molecule has 2 atom stereocenters. The van der Waals surface area contributed by atoms with E-state index in [1.807, 2.05) is 30.3 Å². The van der Waals surface area contributed by atoms with E-state index < -0.39 is 6.10 Å². The van der Waals surface area contributed by atoms with Crippen LogP contribution in [0.25, 0.3) is 0 Å². The highest BCUT2D eigenvalue weighted by molar-refractivity contribution is 5.52. The Bertz CT molecular complexity index is 333. The Morgan fingerprint density at radius 3 is 2.69 bits per heavy atom. The predicted octanol–water partition coefficient (Wildman–Crippen LogP) is 3.51. The maximum absolute atomic E-state index is 9.64. The van der Waals surface area contributed by atoms with Crippen LogP contribution in [-0.2, 0) is 0 Å². The van der Waals surface area contributed by atoms with Crippen molar-refractivity contribution in [1.29, 1.82) is 0 Å². The largest absolute Gasteiger partial charge is 0.389 e. The summed E-state index contributed by atoms with van der Waals surface area (Å²) in [5.41, 5.74) is 1.97. The molecule has 0 spiro atoms. The van der Waals surface area contributed by atoms with Gasteiger partial charge in [-0.15, -0.1) is 6.58 Å². The van der Waals surface area contributed by atoms with Crippen molar-refractivity contribution < 1.29 is 5.11 Å². The maximum atomic E-state index is 9.64. The molecule has 0 aliphatic rings. The normalized spacial score (nSPS) is 14.2. The monoisotopic (exact) mass is 219 g/mol. The van der Waals surface area contributed by atoms with Gasteiger partial charge in [0, 0.05) is 17.3 Å². The van der Waals surface area contributed by atoms with Crippen LogP contribution in [0.15, 0.2) is 36.9 Å². The van der Waals surface area contributed by atoms with Crippen LogP contribution in [-0.4, -0.2) is 11.1 Å². The minimum Gasteiger partial charge on any atom is -0.389 e. The van der Waals surface area contributed by atoms with Gasteiger partial charge in [-0.25, -0.2) is 0 Å². The van der Waals surface area contributed by atoms with Crippen LogP contribution in [0.1, 0.15) is 38.4 Å². The molecule has 2 unspecified atom stereocenters. The molecular weight excluding hydrogens is 198 g/mol. The van der Waals surface area contributed by atoms with Gasteiger partial charge in [0.25, 0.3) is 0 Å². The summed E-state index contributed by atoms with van der Waals surface area (Å²) in [6.45, 7) is 7.65. The van der Waals surface area contributed by atoms with Crippen molar-refractivity contribution in [3.8, 4) is 0 Å². The van der Waals surface area contributed by atoms with E-state index >= 15 is 0 Å². The van der Waals surface area contributed by atoms with Gasteiger partial charge in [-0.2, -0.15) is 0 Å². The molecule has 0 saturated heterocycles. The van der Waals surface area contributed by atoms with E-state index in [2.05, 4.69) is 18.8 Å². The van der Waals surface area contributed by atoms with Gasteiger partial charge in [0.05, 0.1) is 6.10 Å². The van der Waals surface area contributed by atoms with Crippen LogP contribution in [0.5, 0.6) is 0 Å². The second-order valence-electron chi connectivity index (χ2n) is 4.17. The molecule has 0 heterocycles. The highest BCUT2D eigenvalue weighted by Gasteiger charge is 2.08. The SMILES string of the molecule is C=CCCC(C)Nc1ccccc1C(C)O. The first-order valence-electron chi connectivity index (χ1n) is 5.79. The van der Waals surface area contributed by atoms with Crippen molar-refractivity contribution in [2.24, 2.45) is 0 Å². The summed E-state index contributed by atoms with van der Waals surface area (Å²) in [6.07, 6.45) is 3.55. The van der Waals surface area contributed by atoms with Gasteiger partial charge in [0.15, 0.2) is 0 Å². The standard InChI is InChI=1S/C14H21NO/c1-4-5-8-11(2)15-14-10-7-6-9-13(14)12(3)16/h4,6-7,9-12,15-16H,1,5,8H2,2-3H3. The van der Waals surface area contributed by atoms with Gasteiger partial charge in [0.2, 0.25) is 0 Å². The number of hydrogen-bond acceptors (Lipinski definition) is 2. The van der Waals surface area contributed by atoms with E-state index in [1.165, 1.54) is 0 Å². The number of aliphatic hydroxyl groups excluding tert-OH is 1. The molecule has 1 rings (SSSR count). The number of anilines is 1. The summed E-state index contributed by atoms with van der Waals surface area (Å²) >= 11 is 0. The summed E-state index contributed by atoms with van der Waals surface area (Å²) in [4.78, 5) is 0. The Labute approximate surface area is 98.0 Å². The van der Waals surface area contributed by atoms with Crippen LogP contribution in [0, 0.1) is 0 Å². The molecule has 16 heavy (non-hydrogen) atoms. The molecule has 0 bridgehead atoms. The van der Waals surface area contributed by atoms with Crippen LogP contribution >= 0.6 is 0 Å². The quantitative estimate of drug-likeness (QED) is 0.718. The van der Waals surface area contributed by atoms with Crippen LogP contribution in [0.4, 0.5) is 5.69 Å². The van der Waals surface area contributed by atoms with Gasteiger partial charge in [-0.3, -0.25) is 0 Å². The molecule has 1 aromatic carbocycles. The third-order valence-corrected chi connectivity index (χ3v) is 2.62. The summed E-state index contributed by atoms with van der Waals surface area (Å²) in [5, 5.41) is 13.1. The van der Waals surface area contributed by atoms with E-state index in [4.69, 9.17) is 0 Å². The van der Waals surface area contributed by atoms with Crippen molar-refractivity contribution in [2.75, 3.05) is 5.32 Å². The zero-order valence-electron chi connectivity index (χ0n) is 10.1. The molecule has 0 amide bonds. The smallest absolute Gasteiger partial charge is 0.0781 e. The first-order valence-corrected chi connectivity index (χ1v) is 5.79. The average molecular weight is 219 g/mol. The molecule has 0 radical (unpaired) electrons. The zero-order chi connectivity index (χ0) is 12.0. The molecule has 0 fully saturated rings. The Kier molecular flexibility index (Phi) is 5.06. The summed E-state index contributed by atoms with van der Waals surface area (Å²) in [5.74, 6) is 0. The molecule has 0 aliphatic heterocycles. The highest BCUT2D eigenvalue weighted by Crippen LogP contribution is 2.23. The summed E-state index contributed by atoms with van der Waals surface area (Å²) in [7, 11) is 0. The molecule has 1 aromatic rings. The summed E-state index contributed by atoms with van der Waals surface area (Å²) < 4.78 is 0. The maximum Gasteiger partial charge on any atom is 0.0781 e. The predicted molar refractivity (Wildman–Crippen MR) is 69.6 cm³/mol. The first-order chi connectivity index (χ1) is 7.65. The van der Waals surface area contributed by atoms with Crippen molar-refractivity contribution in [2.45, 2.75) is 38.8 Å². The lowest BCUT2D eigenvalue weighted by atomic mass is 10.1. The highest BCUT2D eigenvalue weighted by atomic mass is 16.3. The first kappa shape index (κ1) is 12.8. The average Bonchev–Trinajstić information content (AvgIpc) is 2.27. The topological polar surface area (TPSA) is 32.3 Å². The second kappa shape index (κ2) is 6.33. The van der Waals surface area contributed by atoms with Gasteiger partial charge >= 0.3 is 0 Å². The number of aliphatic hydroxyl groups is 1. The van der Waals surface area contributed by atoms with Crippen LogP contribution in [0.2, 0.25) is 0 Å². The number of nitrogens with one attached hydrogen (secondary N) is 1. The molecule has 2 heteroatoms. The third kappa shape index (κ3) is 3.70. The van der Waals surface area contributed by atoms with Gasteiger partial charge in [-0.05, 0) is 32.8 Å². The molecule has 2 nitrogen and oxygen atoms in total. The molecule has 0 saturated carbocycles.